The van der Waals surface area contributed by atoms with Gasteiger partial charge in [0.15, 0.2) is 0 Å². The highest BCUT2D eigenvalue weighted by Gasteiger charge is 2.71. The van der Waals surface area contributed by atoms with Crippen LogP contribution in [-0.2, 0) is 9.47 Å². The monoisotopic (exact) mass is 456 g/mol. The Balaban J connectivity index is 1.46. The van der Waals surface area contributed by atoms with Crippen molar-refractivity contribution in [3.63, 3.8) is 0 Å². The number of aliphatic hydroxyl groups is 1. The first-order chi connectivity index (χ1) is 15.6. The number of ether oxygens (including phenoxy) is 2. The predicted octanol–water partition coefficient (Wildman–Crippen LogP) is 7.05. The van der Waals surface area contributed by atoms with E-state index in [1.807, 2.05) is 7.11 Å². The second-order valence-electron chi connectivity index (χ2n) is 13.2. The minimum Gasteiger partial charge on any atom is -0.491 e. The Morgan fingerprint density at radius 2 is 1.97 bits per heavy atom. The van der Waals surface area contributed by atoms with E-state index >= 15 is 0 Å². The lowest BCUT2D eigenvalue weighted by atomic mass is 9.45. The van der Waals surface area contributed by atoms with Crippen LogP contribution >= 0.6 is 0 Å². The van der Waals surface area contributed by atoms with Gasteiger partial charge in [0.25, 0.3) is 0 Å². The van der Waals surface area contributed by atoms with Crippen LogP contribution in [0.4, 0.5) is 0 Å². The molecule has 0 amide bonds. The Bertz CT molecular complexity index is 843. The first-order valence-corrected chi connectivity index (χ1v) is 13.9. The average molecular weight is 457 g/mol. The molecule has 0 saturated heterocycles. The molecule has 1 heterocycles. The second kappa shape index (κ2) is 8.12. The number of rotatable bonds is 5. The summed E-state index contributed by atoms with van der Waals surface area (Å²) in [6, 6.07) is 0. The highest BCUT2D eigenvalue weighted by Crippen LogP contribution is 2.70. The fourth-order valence-corrected chi connectivity index (χ4v) is 9.27. The molecule has 0 radical (unpaired) electrons. The maximum absolute atomic E-state index is 12.5. The zero-order valence-electron chi connectivity index (χ0n) is 22.2. The third-order valence-electron chi connectivity index (χ3n) is 11.6. The van der Waals surface area contributed by atoms with Crippen LogP contribution in [-0.4, -0.2) is 30.0 Å². The number of hydrogen-bond acceptors (Lipinski definition) is 3. The van der Waals surface area contributed by atoms with Crippen molar-refractivity contribution in [1.29, 1.82) is 0 Å². The van der Waals surface area contributed by atoms with Gasteiger partial charge in [-0.15, -0.1) is 0 Å². The molecule has 0 spiro atoms. The van der Waals surface area contributed by atoms with Gasteiger partial charge in [0.2, 0.25) is 0 Å². The van der Waals surface area contributed by atoms with Crippen LogP contribution in [0, 0.1) is 40.4 Å². The van der Waals surface area contributed by atoms with Gasteiger partial charge in [0, 0.05) is 24.9 Å². The van der Waals surface area contributed by atoms with Crippen LogP contribution in [0.3, 0.4) is 0 Å². The van der Waals surface area contributed by atoms with Crippen LogP contribution < -0.4 is 0 Å². The fourth-order valence-electron chi connectivity index (χ4n) is 9.27. The first-order valence-electron chi connectivity index (χ1n) is 13.9. The van der Waals surface area contributed by atoms with E-state index in [0.29, 0.717) is 29.1 Å². The van der Waals surface area contributed by atoms with Gasteiger partial charge in [-0.2, -0.15) is 0 Å². The highest BCUT2D eigenvalue weighted by atomic mass is 16.5. The molecule has 10 unspecified atom stereocenters. The molecule has 3 saturated carbocycles. The van der Waals surface area contributed by atoms with Crippen LogP contribution in [0.5, 0.6) is 0 Å². The van der Waals surface area contributed by atoms with E-state index < -0.39 is 5.60 Å². The number of hydrogen-bond donors (Lipinski definition) is 1. The highest BCUT2D eigenvalue weighted by molar-refractivity contribution is 5.34. The molecule has 10 atom stereocenters. The molecule has 33 heavy (non-hydrogen) atoms. The summed E-state index contributed by atoms with van der Waals surface area (Å²) < 4.78 is 12.7. The van der Waals surface area contributed by atoms with E-state index in [2.05, 4.69) is 47.6 Å². The molecular weight excluding hydrogens is 408 g/mol. The molecule has 0 aromatic rings. The summed E-state index contributed by atoms with van der Waals surface area (Å²) in [5, 5.41) is 12.5. The summed E-state index contributed by atoms with van der Waals surface area (Å²) in [5.41, 5.74) is 2.61. The molecule has 3 fully saturated rings. The molecule has 186 valence electrons. The molecule has 3 nitrogen and oxygen atoms in total. The lowest BCUT2D eigenvalue weighted by Gasteiger charge is -2.61. The van der Waals surface area contributed by atoms with Crippen molar-refractivity contribution < 1.29 is 14.6 Å². The summed E-state index contributed by atoms with van der Waals surface area (Å²) in [7, 11) is 1.83. The fraction of sp³-hybridized carbons (Fsp3) is 0.867. The molecule has 1 N–H and O–H groups in total. The Kier molecular flexibility index (Phi) is 5.89. The van der Waals surface area contributed by atoms with Gasteiger partial charge in [0.1, 0.15) is 18.0 Å². The molecular formula is C30H48O3. The topological polar surface area (TPSA) is 38.7 Å². The third kappa shape index (κ3) is 3.27. The lowest BCUT2D eigenvalue weighted by Crippen LogP contribution is -2.60. The quantitative estimate of drug-likeness (QED) is 0.450. The van der Waals surface area contributed by atoms with Crippen molar-refractivity contribution in [2.75, 3.05) is 7.11 Å². The number of fused-ring (bicyclic) bond motifs is 7. The number of methoxy groups -OCH3 is 1. The van der Waals surface area contributed by atoms with E-state index in [-0.39, 0.29) is 17.6 Å². The molecule has 1 aliphatic heterocycles. The SMILES string of the molecule is CCC(C)CC(OC)C1=C(C)C2C(CC3(O)C4CC=C5CC(C)CCC5(C)C4CCC23C)O1. The van der Waals surface area contributed by atoms with Crippen LogP contribution in [0.15, 0.2) is 23.0 Å². The summed E-state index contributed by atoms with van der Waals surface area (Å²) in [5.74, 6) is 3.80. The van der Waals surface area contributed by atoms with Gasteiger partial charge in [-0.1, -0.05) is 52.7 Å². The van der Waals surface area contributed by atoms with Crippen LogP contribution in [0.2, 0.25) is 0 Å². The zero-order valence-corrected chi connectivity index (χ0v) is 22.2. The number of allylic oxidation sites excluding steroid dienone is 2. The zero-order chi connectivity index (χ0) is 23.8. The third-order valence-corrected chi connectivity index (χ3v) is 11.6. The van der Waals surface area contributed by atoms with Crippen molar-refractivity contribution in [1.82, 2.24) is 0 Å². The maximum Gasteiger partial charge on any atom is 0.125 e. The van der Waals surface area contributed by atoms with Crippen molar-refractivity contribution in [3.8, 4) is 0 Å². The van der Waals surface area contributed by atoms with Crippen molar-refractivity contribution in [2.24, 2.45) is 40.4 Å². The molecule has 5 aliphatic rings. The van der Waals surface area contributed by atoms with Crippen molar-refractivity contribution in [3.05, 3.63) is 23.0 Å². The van der Waals surface area contributed by atoms with Crippen LogP contribution in [0.1, 0.15) is 99.3 Å². The molecule has 0 aromatic carbocycles. The molecule has 0 bridgehead atoms. The average Bonchev–Trinajstić information content (AvgIpc) is 3.22. The Morgan fingerprint density at radius 3 is 2.67 bits per heavy atom. The molecule has 4 aliphatic carbocycles. The van der Waals surface area contributed by atoms with Crippen molar-refractivity contribution in [2.45, 2.75) is 117 Å². The summed E-state index contributed by atoms with van der Waals surface area (Å²) in [6.45, 7) is 14.2. The van der Waals surface area contributed by atoms with E-state index in [1.54, 1.807) is 5.57 Å². The minimum atomic E-state index is -0.634. The van der Waals surface area contributed by atoms with Gasteiger partial charge in [-0.25, -0.2) is 0 Å². The summed E-state index contributed by atoms with van der Waals surface area (Å²) in [6.07, 6.45) is 13.0. The van der Waals surface area contributed by atoms with Gasteiger partial charge >= 0.3 is 0 Å². The standard InChI is InChI=1S/C30H48O3/c1-8-18(2)16-24(32-7)27-20(4)26-25(33-27)17-30(31)23-10-9-21-15-19(3)11-13-28(21,5)22(23)12-14-29(26,30)6/h9,18-19,22-26,31H,8,10-17H2,1-7H3. The van der Waals surface area contributed by atoms with Gasteiger partial charge in [-0.05, 0) is 86.5 Å². The maximum atomic E-state index is 12.5. The predicted molar refractivity (Wildman–Crippen MR) is 134 cm³/mol. The summed E-state index contributed by atoms with van der Waals surface area (Å²) >= 11 is 0. The minimum absolute atomic E-state index is 0.0434. The summed E-state index contributed by atoms with van der Waals surface area (Å²) in [4.78, 5) is 0. The first kappa shape index (κ1) is 23.9. The molecule has 0 aromatic heterocycles. The Morgan fingerprint density at radius 1 is 1.21 bits per heavy atom. The van der Waals surface area contributed by atoms with Crippen LogP contribution in [0.25, 0.3) is 0 Å². The molecule has 5 rings (SSSR count). The second-order valence-corrected chi connectivity index (χ2v) is 13.2. The van der Waals surface area contributed by atoms with E-state index in [0.717, 1.165) is 43.8 Å². The van der Waals surface area contributed by atoms with Gasteiger partial charge in [0.05, 0.1) is 5.60 Å². The van der Waals surface area contributed by atoms with Gasteiger partial charge in [-0.3, -0.25) is 0 Å². The molecule has 3 heteroatoms. The largest absolute Gasteiger partial charge is 0.491 e. The smallest absolute Gasteiger partial charge is 0.125 e. The van der Waals surface area contributed by atoms with Gasteiger partial charge < -0.3 is 14.6 Å². The Hall–Kier alpha value is -0.800. The lowest BCUT2D eigenvalue weighted by molar-refractivity contribution is -0.176. The van der Waals surface area contributed by atoms with E-state index in [9.17, 15) is 5.11 Å². The van der Waals surface area contributed by atoms with E-state index in [4.69, 9.17) is 9.47 Å². The van der Waals surface area contributed by atoms with E-state index in [1.165, 1.54) is 31.3 Å². The normalized spacial score (nSPS) is 48.2. The van der Waals surface area contributed by atoms with Crippen molar-refractivity contribution >= 4 is 0 Å². The Labute approximate surface area is 202 Å².